The van der Waals surface area contributed by atoms with E-state index in [0.717, 1.165) is 21.8 Å². The number of hydrogen-bond donors (Lipinski definition) is 3. The van der Waals surface area contributed by atoms with Crippen LogP contribution in [-0.2, 0) is 4.79 Å². The van der Waals surface area contributed by atoms with E-state index in [1.807, 2.05) is 54.6 Å². The Morgan fingerprint density at radius 3 is 2.08 bits per heavy atom. The highest BCUT2D eigenvalue weighted by Gasteiger charge is 2.22. The average molecular weight is 581 g/mol. The molecule has 3 N–H and O–H groups in total. The summed E-state index contributed by atoms with van der Waals surface area (Å²) in [6.07, 6.45) is 0. The van der Waals surface area contributed by atoms with E-state index in [-0.39, 0.29) is 11.7 Å². The van der Waals surface area contributed by atoms with Crippen LogP contribution in [0.4, 0.5) is 17.1 Å². The van der Waals surface area contributed by atoms with Crippen molar-refractivity contribution in [1.82, 2.24) is 0 Å². The zero-order valence-corrected chi connectivity index (χ0v) is 23.3. The van der Waals surface area contributed by atoms with Crippen molar-refractivity contribution >= 4 is 81.0 Å². The summed E-state index contributed by atoms with van der Waals surface area (Å²) in [5.41, 5.74) is 3.59. The zero-order chi connectivity index (χ0) is 27.1. The number of Topliss-reactive ketones (excluding diaryl/α,β-unsaturated/α-hetero) is 1. The lowest BCUT2D eigenvalue weighted by Crippen LogP contribution is -2.19. The number of hydrogen-bond acceptors (Lipinski definition) is 4. The maximum atomic E-state index is 13.4. The van der Waals surface area contributed by atoms with Crippen molar-refractivity contribution in [3.05, 3.63) is 118 Å². The molecule has 1 unspecified atom stereocenters. The summed E-state index contributed by atoms with van der Waals surface area (Å²) >= 11 is 19.0. The number of thioether (sulfide) groups is 1. The predicted molar refractivity (Wildman–Crippen MR) is 163 cm³/mol. The number of carbonyl (C=O) groups excluding carboxylic acids is 2. The van der Waals surface area contributed by atoms with Crippen LogP contribution in [0.5, 0.6) is 0 Å². The fourth-order valence-electron chi connectivity index (χ4n) is 3.55. The Bertz CT molecular complexity index is 1460. The number of thiocarbonyl (C=S) groups is 1. The van der Waals surface area contributed by atoms with Crippen LogP contribution in [-0.4, -0.2) is 16.8 Å². The van der Waals surface area contributed by atoms with Gasteiger partial charge in [-0.1, -0.05) is 59.6 Å². The molecule has 9 heteroatoms. The standard InChI is InChI=1S/C29H23Cl2N3O2S2/c1-18(35)19-10-12-21(13-11-19)33-29(37)34-22-8-5-9-24(16-22)38-27(20-6-3-2-4-7-20)28(36)32-23-14-15-25(30)26(31)17-23/h2-17,27H,1H3,(H,32,36)(H2,33,34,37). The van der Waals surface area contributed by atoms with Crippen molar-refractivity contribution in [2.45, 2.75) is 17.1 Å². The largest absolute Gasteiger partial charge is 0.332 e. The summed E-state index contributed by atoms with van der Waals surface area (Å²) < 4.78 is 0. The lowest BCUT2D eigenvalue weighted by Gasteiger charge is -2.18. The fourth-order valence-corrected chi connectivity index (χ4v) is 5.16. The summed E-state index contributed by atoms with van der Waals surface area (Å²) in [5.74, 6) is -0.185. The molecule has 0 saturated heterocycles. The highest BCUT2D eigenvalue weighted by Crippen LogP contribution is 2.37. The third kappa shape index (κ3) is 7.58. The molecule has 0 aromatic heterocycles. The number of rotatable bonds is 8. The second-order valence-electron chi connectivity index (χ2n) is 8.27. The van der Waals surface area contributed by atoms with Gasteiger partial charge in [0.05, 0.1) is 10.0 Å². The number of halogens is 2. The molecule has 0 aliphatic rings. The first kappa shape index (κ1) is 27.7. The first-order valence-electron chi connectivity index (χ1n) is 11.5. The number of ketones is 1. The molecule has 0 bridgehead atoms. The zero-order valence-electron chi connectivity index (χ0n) is 20.2. The topological polar surface area (TPSA) is 70.2 Å². The smallest absolute Gasteiger partial charge is 0.242 e. The van der Waals surface area contributed by atoms with E-state index in [2.05, 4.69) is 16.0 Å². The van der Waals surface area contributed by atoms with Gasteiger partial charge in [-0.3, -0.25) is 9.59 Å². The van der Waals surface area contributed by atoms with Crippen LogP contribution >= 0.6 is 47.2 Å². The van der Waals surface area contributed by atoms with Crippen molar-refractivity contribution in [2.24, 2.45) is 0 Å². The third-order valence-corrected chi connectivity index (χ3v) is 7.61. The molecule has 0 aliphatic heterocycles. The molecule has 38 heavy (non-hydrogen) atoms. The molecule has 0 heterocycles. The second-order valence-corrected chi connectivity index (χ2v) is 10.7. The van der Waals surface area contributed by atoms with E-state index in [9.17, 15) is 9.59 Å². The van der Waals surface area contributed by atoms with Crippen molar-refractivity contribution in [2.75, 3.05) is 16.0 Å². The number of benzene rings is 4. The summed E-state index contributed by atoms with van der Waals surface area (Å²) in [4.78, 5) is 25.7. The molecule has 0 aliphatic carbocycles. The predicted octanol–water partition coefficient (Wildman–Crippen LogP) is 8.48. The van der Waals surface area contributed by atoms with Crippen LogP contribution in [0.25, 0.3) is 0 Å². The van der Waals surface area contributed by atoms with Gasteiger partial charge in [-0.05, 0) is 85.4 Å². The quantitative estimate of drug-likeness (QED) is 0.110. The SMILES string of the molecule is CC(=O)c1ccc(NC(=S)Nc2cccc(SC(C(=O)Nc3ccc(Cl)c(Cl)c3)c3ccccc3)c2)cc1. The molecule has 4 aromatic rings. The van der Waals surface area contributed by atoms with Gasteiger partial charge in [-0.15, -0.1) is 11.8 Å². The van der Waals surface area contributed by atoms with E-state index in [0.29, 0.717) is 26.4 Å². The molecule has 1 amide bonds. The number of amides is 1. The summed E-state index contributed by atoms with van der Waals surface area (Å²) in [6.45, 7) is 1.53. The highest BCUT2D eigenvalue weighted by atomic mass is 35.5. The first-order chi connectivity index (χ1) is 18.3. The van der Waals surface area contributed by atoms with Gasteiger partial charge in [0.2, 0.25) is 5.91 Å². The Morgan fingerprint density at radius 2 is 1.39 bits per heavy atom. The van der Waals surface area contributed by atoms with Crippen molar-refractivity contribution in [1.29, 1.82) is 0 Å². The monoisotopic (exact) mass is 579 g/mol. The normalized spacial score (nSPS) is 11.3. The van der Waals surface area contributed by atoms with Crippen molar-refractivity contribution in [3.63, 3.8) is 0 Å². The number of anilines is 3. The van der Waals surface area contributed by atoms with Gasteiger partial charge in [-0.25, -0.2) is 0 Å². The van der Waals surface area contributed by atoms with Crippen molar-refractivity contribution in [3.8, 4) is 0 Å². The fraction of sp³-hybridized carbons (Fsp3) is 0.0690. The lowest BCUT2D eigenvalue weighted by atomic mass is 10.1. The van der Waals surface area contributed by atoms with Gasteiger partial charge in [-0.2, -0.15) is 0 Å². The van der Waals surface area contributed by atoms with Crippen LogP contribution in [0.1, 0.15) is 28.1 Å². The Kier molecular flexibility index (Phi) is 9.42. The van der Waals surface area contributed by atoms with Crippen LogP contribution in [0.2, 0.25) is 10.0 Å². The van der Waals surface area contributed by atoms with E-state index >= 15 is 0 Å². The second kappa shape index (κ2) is 12.9. The molecule has 0 spiro atoms. The molecule has 4 rings (SSSR count). The molecule has 1 atom stereocenters. The Hall–Kier alpha value is -3.36. The maximum absolute atomic E-state index is 13.4. The minimum Gasteiger partial charge on any atom is -0.332 e. The minimum atomic E-state index is -0.522. The molecule has 0 saturated carbocycles. The van der Waals surface area contributed by atoms with Gasteiger partial charge in [0.15, 0.2) is 10.9 Å². The van der Waals surface area contributed by atoms with Crippen LogP contribution in [0.3, 0.4) is 0 Å². The van der Waals surface area contributed by atoms with Gasteiger partial charge in [0, 0.05) is 27.5 Å². The van der Waals surface area contributed by atoms with Gasteiger partial charge in [0.1, 0.15) is 5.25 Å². The summed E-state index contributed by atoms with van der Waals surface area (Å²) in [7, 11) is 0. The molecule has 5 nitrogen and oxygen atoms in total. The number of carbonyl (C=O) groups is 2. The van der Waals surface area contributed by atoms with Crippen LogP contribution in [0.15, 0.2) is 102 Å². The lowest BCUT2D eigenvalue weighted by molar-refractivity contribution is -0.115. The maximum Gasteiger partial charge on any atom is 0.242 e. The first-order valence-corrected chi connectivity index (χ1v) is 13.6. The van der Waals surface area contributed by atoms with E-state index in [1.165, 1.54) is 18.7 Å². The summed E-state index contributed by atoms with van der Waals surface area (Å²) in [6, 6.07) is 29.3. The van der Waals surface area contributed by atoms with Gasteiger partial charge >= 0.3 is 0 Å². The summed E-state index contributed by atoms with van der Waals surface area (Å²) in [5, 5.41) is 9.90. The minimum absolute atomic E-state index is 0.00557. The Balaban J connectivity index is 1.47. The average Bonchev–Trinajstić information content (AvgIpc) is 2.90. The van der Waals surface area contributed by atoms with Crippen LogP contribution in [0, 0.1) is 0 Å². The van der Waals surface area contributed by atoms with Gasteiger partial charge < -0.3 is 16.0 Å². The third-order valence-electron chi connectivity index (χ3n) is 5.42. The molecular formula is C29H23Cl2N3O2S2. The van der Waals surface area contributed by atoms with E-state index in [1.54, 1.807) is 42.5 Å². The van der Waals surface area contributed by atoms with Crippen LogP contribution < -0.4 is 16.0 Å². The van der Waals surface area contributed by atoms with Gasteiger partial charge in [0.25, 0.3) is 0 Å². The molecule has 192 valence electrons. The van der Waals surface area contributed by atoms with E-state index in [4.69, 9.17) is 35.4 Å². The van der Waals surface area contributed by atoms with E-state index < -0.39 is 5.25 Å². The Morgan fingerprint density at radius 1 is 0.737 bits per heavy atom. The van der Waals surface area contributed by atoms with Crippen molar-refractivity contribution < 1.29 is 9.59 Å². The molecular weight excluding hydrogens is 557 g/mol. The Labute approximate surface area is 240 Å². The molecule has 0 fully saturated rings. The molecule has 4 aromatic carbocycles. The number of nitrogens with one attached hydrogen (secondary N) is 3. The molecule has 0 radical (unpaired) electrons. The highest BCUT2D eigenvalue weighted by molar-refractivity contribution is 8.00.